The summed E-state index contributed by atoms with van der Waals surface area (Å²) >= 11 is 0. The van der Waals surface area contributed by atoms with Crippen LogP contribution in [0.2, 0.25) is 18.1 Å². The number of aromatic nitrogens is 2. The third-order valence-electron chi connectivity index (χ3n) is 7.89. The fraction of sp³-hybridized carbons (Fsp3) is 0.615. The van der Waals surface area contributed by atoms with Gasteiger partial charge >= 0.3 is 0 Å². The largest absolute Gasteiger partial charge is 0.412 e. The molecule has 186 valence electrons. The Kier molecular flexibility index (Phi) is 7.31. The highest BCUT2D eigenvalue weighted by atomic mass is 28.4. The molecule has 1 aromatic carbocycles. The lowest BCUT2D eigenvalue weighted by Crippen LogP contribution is -2.52. The van der Waals surface area contributed by atoms with E-state index in [1.165, 1.54) is 0 Å². The SMILES string of the molecule is COC1CN(c2ncc(N3CCC(c4cccc(CO[Si](C)(C)C(C)(C)C)c4F)CC3)cn2)C1. The van der Waals surface area contributed by atoms with Crippen LogP contribution in [-0.4, -0.2) is 57.7 Å². The van der Waals surface area contributed by atoms with Gasteiger partial charge in [-0.2, -0.15) is 0 Å². The molecule has 2 aromatic rings. The maximum atomic E-state index is 15.4. The summed E-state index contributed by atoms with van der Waals surface area (Å²) in [5.41, 5.74) is 2.53. The minimum Gasteiger partial charge on any atom is -0.412 e. The van der Waals surface area contributed by atoms with E-state index in [4.69, 9.17) is 9.16 Å². The maximum absolute atomic E-state index is 15.4. The highest BCUT2D eigenvalue weighted by molar-refractivity contribution is 6.74. The molecule has 34 heavy (non-hydrogen) atoms. The summed E-state index contributed by atoms with van der Waals surface area (Å²) in [6, 6.07) is 5.79. The van der Waals surface area contributed by atoms with Crippen molar-refractivity contribution in [2.75, 3.05) is 43.1 Å². The zero-order valence-corrected chi connectivity index (χ0v) is 22.5. The van der Waals surface area contributed by atoms with Crippen LogP contribution in [0.4, 0.5) is 16.0 Å². The van der Waals surface area contributed by atoms with Crippen LogP contribution in [0.3, 0.4) is 0 Å². The van der Waals surface area contributed by atoms with Crippen molar-refractivity contribution in [1.82, 2.24) is 9.97 Å². The predicted octanol–water partition coefficient (Wildman–Crippen LogP) is 5.36. The van der Waals surface area contributed by atoms with E-state index in [-0.39, 0.29) is 22.9 Å². The van der Waals surface area contributed by atoms with Crippen molar-refractivity contribution in [3.63, 3.8) is 0 Å². The molecule has 0 amide bonds. The van der Waals surface area contributed by atoms with Gasteiger partial charge in [0.1, 0.15) is 5.82 Å². The average molecular weight is 487 g/mol. The summed E-state index contributed by atoms with van der Waals surface area (Å²) < 4.78 is 27.1. The Balaban J connectivity index is 1.35. The Hall–Kier alpha value is -2.03. The third kappa shape index (κ3) is 5.29. The number of benzene rings is 1. The van der Waals surface area contributed by atoms with Crippen molar-refractivity contribution in [2.45, 2.75) is 70.4 Å². The highest BCUT2D eigenvalue weighted by Gasteiger charge is 2.37. The number of hydrogen-bond donors (Lipinski definition) is 0. The fourth-order valence-corrected chi connectivity index (χ4v) is 5.29. The Labute approximate surface area is 204 Å². The smallest absolute Gasteiger partial charge is 0.225 e. The highest BCUT2D eigenvalue weighted by Crippen LogP contribution is 2.38. The molecular formula is C26H39FN4O2Si. The Morgan fingerprint density at radius 3 is 2.29 bits per heavy atom. The minimum atomic E-state index is -1.92. The summed E-state index contributed by atoms with van der Waals surface area (Å²) in [5, 5.41) is 0.109. The maximum Gasteiger partial charge on any atom is 0.225 e. The van der Waals surface area contributed by atoms with Crippen LogP contribution >= 0.6 is 0 Å². The van der Waals surface area contributed by atoms with E-state index in [0.717, 1.165) is 56.2 Å². The quantitative estimate of drug-likeness (QED) is 0.491. The zero-order chi connectivity index (χ0) is 24.5. The van der Waals surface area contributed by atoms with Gasteiger partial charge in [-0.25, -0.2) is 14.4 Å². The zero-order valence-electron chi connectivity index (χ0n) is 21.5. The van der Waals surface area contributed by atoms with E-state index in [2.05, 4.69) is 53.6 Å². The molecule has 0 radical (unpaired) electrons. The number of anilines is 2. The van der Waals surface area contributed by atoms with Gasteiger partial charge in [0, 0.05) is 38.9 Å². The molecule has 0 N–H and O–H groups in total. The summed E-state index contributed by atoms with van der Waals surface area (Å²) in [6.45, 7) is 14.8. The first-order chi connectivity index (χ1) is 16.1. The van der Waals surface area contributed by atoms with Gasteiger partial charge in [-0.05, 0) is 42.5 Å². The van der Waals surface area contributed by atoms with Crippen LogP contribution in [-0.2, 0) is 15.8 Å². The first-order valence-corrected chi connectivity index (χ1v) is 15.3. The number of hydrogen-bond acceptors (Lipinski definition) is 6. The molecule has 2 aliphatic heterocycles. The molecule has 2 saturated heterocycles. The van der Waals surface area contributed by atoms with Gasteiger partial charge < -0.3 is 19.0 Å². The van der Waals surface area contributed by atoms with Crippen LogP contribution in [0, 0.1) is 5.82 Å². The monoisotopic (exact) mass is 486 g/mol. The second kappa shape index (κ2) is 9.91. The van der Waals surface area contributed by atoms with Crippen LogP contribution in [0.1, 0.15) is 50.7 Å². The van der Waals surface area contributed by atoms with Gasteiger partial charge in [-0.1, -0.05) is 39.0 Å². The first kappa shape index (κ1) is 25.1. The number of rotatable bonds is 7. The normalized spacial score (nSPS) is 18.3. The molecule has 2 aliphatic rings. The molecule has 0 spiro atoms. The third-order valence-corrected chi connectivity index (χ3v) is 12.4. The molecular weight excluding hydrogens is 447 g/mol. The molecule has 0 bridgehead atoms. The van der Waals surface area contributed by atoms with E-state index in [1.54, 1.807) is 7.11 Å². The van der Waals surface area contributed by atoms with Gasteiger partial charge in [-0.15, -0.1) is 0 Å². The predicted molar refractivity (Wildman–Crippen MR) is 138 cm³/mol. The van der Waals surface area contributed by atoms with Crippen molar-refractivity contribution >= 4 is 20.0 Å². The molecule has 3 heterocycles. The summed E-state index contributed by atoms with van der Waals surface area (Å²) in [5.74, 6) is 0.887. The standard InChI is InChI=1S/C26H39FN4O2Si/c1-26(2,3)34(5,6)33-18-20-8-7-9-23(24(20)27)19-10-12-30(13-11-19)21-14-28-25(29-15-21)31-16-22(17-31)32-4/h7-9,14-15,19,22H,10-13,16-18H2,1-6H3. The average Bonchev–Trinajstić information content (AvgIpc) is 2.78. The first-order valence-electron chi connectivity index (χ1n) is 12.3. The second-order valence-electron chi connectivity index (χ2n) is 11.1. The summed E-state index contributed by atoms with van der Waals surface area (Å²) in [6.07, 6.45) is 5.91. The number of ether oxygens (including phenoxy) is 1. The van der Waals surface area contributed by atoms with Crippen LogP contribution in [0.15, 0.2) is 30.6 Å². The second-order valence-corrected chi connectivity index (χ2v) is 15.9. The molecule has 2 fully saturated rings. The molecule has 0 unspecified atom stereocenters. The van der Waals surface area contributed by atoms with E-state index < -0.39 is 8.32 Å². The van der Waals surface area contributed by atoms with Gasteiger partial charge in [0.15, 0.2) is 8.32 Å². The van der Waals surface area contributed by atoms with E-state index >= 15 is 4.39 Å². The number of nitrogens with zero attached hydrogens (tertiary/aromatic N) is 4. The van der Waals surface area contributed by atoms with Gasteiger partial charge in [0.2, 0.25) is 5.95 Å². The summed E-state index contributed by atoms with van der Waals surface area (Å²) in [7, 11) is -0.187. The lowest BCUT2D eigenvalue weighted by Gasteiger charge is -2.38. The Morgan fingerprint density at radius 2 is 1.71 bits per heavy atom. The molecule has 0 aliphatic carbocycles. The fourth-order valence-electron chi connectivity index (χ4n) is 4.34. The van der Waals surface area contributed by atoms with E-state index in [1.807, 2.05) is 30.6 Å². The number of piperidine rings is 1. The molecule has 6 nitrogen and oxygen atoms in total. The molecule has 1 aromatic heterocycles. The molecule has 8 heteroatoms. The van der Waals surface area contributed by atoms with Crippen LogP contribution in [0.5, 0.6) is 0 Å². The van der Waals surface area contributed by atoms with Crippen molar-refractivity contribution in [3.05, 3.63) is 47.5 Å². The van der Waals surface area contributed by atoms with Gasteiger partial charge in [-0.3, -0.25) is 0 Å². The number of methoxy groups -OCH3 is 1. The van der Waals surface area contributed by atoms with Crippen molar-refractivity contribution in [3.8, 4) is 0 Å². The van der Waals surface area contributed by atoms with Gasteiger partial charge in [0.25, 0.3) is 0 Å². The topological polar surface area (TPSA) is 50.7 Å². The number of halogens is 1. The van der Waals surface area contributed by atoms with Crippen molar-refractivity contribution in [2.24, 2.45) is 0 Å². The van der Waals surface area contributed by atoms with Crippen molar-refractivity contribution in [1.29, 1.82) is 0 Å². The van der Waals surface area contributed by atoms with Crippen LogP contribution < -0.4 is 9.80 Å². The molecule has 0 saturated carbocycles. The lowest BCUT2D eigenvalue weighted by molar-refractivity contribution is 0.0778. The Bertz CT molecular complexity index is 966. The van der Waals surface area contributed by atoms with Crippen LogP contribution in [0.25, 0.3) is 0 Å². The molecule has 0 atom stereocenters. The molecule has 4 rings (SSSR count). The minimum absolute atomic E-state index is 0.0868. The Morgan fingerprint density at radius 1 is 1.06 bits per heavy atom. The van der Waals surface area contributed by atoms with E-state index in [9.17, 15) is 0 Å². The van der Waals surface area contributed by atoms with Crippen molar-refractivity contribution < 1.29 is 13.6 Å². The summed E-state index contributed by atoms with van der Waals surface area (Å²) in [4.78, 5) is 13.5. The lowest BCUT2D eigenvalue weighted by atomic mass is 9.88. The van der Waals surface area contributed by atoms with E-state index in [0.29, 0.717) is 12.2 Å². The van der Waals surface area contributed by atoms with Gasteiger partial charge in [0.05, 0.1) is 30.8 Å².